The smallest absolute Gasteiger partial charge is 0.330 e. The van der Waals surface area contributed by atoms with E-state index in [1.54, 1.807) is 0 Å². The topological polar surface area (TPSA) is 37.8 Å². The van der Waals surface area contributed by atoms with E-state index < -0.39 is 11.7 Å². The van der Waals surface area contributed by atoms with Gasteiger partial charge < -0.3 is 5.32 Å². The maximum Gasteiger partial charge on any atom is 0.417 e. The van der Waals surface area contributed by atoms with Crippen molar-refractivity contribution in [2.75, 3.05) is 5.32 Å². The maximum atomic E-state index is 12.7. The van der Waals surface area contributed by atoms with Crippen LogP contribution in [0.15, 0.2) is 26.6 Å². The number of hydrogen-bond acceptors (Lipinski definition) is 4. The van der Waals surface area contributed by atoms with Crippen LogP contribution in [0, 0.1) is 0 Å². The highest BCUT2D eigenvalue weighted by Gasteiger charge is 2.33. The molecule has 0 bridgehead atoms. The van der Waals surface area contributed by atoms with Gasteiger partial charge in [0, 0.05) is 10.2 Å². The molecular formula is C9H4Br2F3N3S. The van der Waals surface area contributed by atoms with Crippen LogP contribution in [0.4, 0.5) is 24.0 Å². The first-order valence-electron chi connectivity index (χ1n) is 4.49. The van der Waals surface area contributed by atoms with Crippen molar-refractivity contribution in [1.29, 1.82) is 0 Å². The molecule has 0 unspecified atom stereocenters. The van der Waals surface area contributed by atoms with Gasteiger partial charge in [0.25, 0.3) is 0 Å². The Kier molecular flexibility index (Phi) is 3.93. The van der Waals surface area contributed by atoms with Crippen molar-refractivity contribution >= 4 is 54.0 Å². The lowest BCUT2D eigenvalue weighted by molar-refractivity contribution is -0.138. The summed E-state index contributed by atoms with van der Waals surface area (Å²) in [7, 11) is 0. The summed E-state index contributed by atoms with van der Waals surface area (Å²) < 4.78 is 38.6. The second-order valence-corrected chi connectivity index (χ2v) is 6.29. The van der Waals surface area contributed by atoms with Gasteiger partial charge >= 0.3 is 6.18 Å². The number of rotatable bonds is 2. The normalized spacial score (nSPS) is 11.6. The van der Waals surface area contributed by atoms with Crippen LogP contribution in [0.3, 0.4) is 0 Å². The van der Waals surface area contributed by atoms with E-state index in [0.717, 1.165) is 6.07 Å². The zero-order chi connectivity index (χ0) is 13.3. The SMILES string of the molecule is FC(F)(F)c1cc(Nc2nnc(Br)s2)ccc1Br. The van der Waals surface area contributed by atoms with Gasteiger partial charge in [0.15, 0.2) is 3.92 Å². The molecule has 1 aromatic carbocycles. The Morgan fingerprint density at radius 1 is 1.17 bits per heavy atom. The lowest BCUT2D eigenvalue weighted by atomic mass is 10.2. The predicted molar refractivity (Wildman–Crippen MR) is 70.0 cm³/mol. The second-order valence-electron chi connectivity index (χ2n) is 3.18. The summed E-state index contributed by atoms with van der Waals surface area (Å²) >= 11 is 7.19. The van der Waals surface area contributed by atoms with Gasteiger partial charge in [-0.2, -0.15) is 13.2 Å². The zero-order valence-corrected chi connectivity index (χ0v) is 12.4. The number of halogens is 5. The number of aromatic nitrogens is 2. The summed E-state index contributed by atoms with van der Waals surface area (Å²) in [4.78, 5) is 0. The maximum absolute atomic E-state index is 12.7. The molecule has 18 heavy (non-hydrogen) atoms. The number of hydrogen-bond donors (Lipinski definition) is 1. The Morgan fingerprint density at radius 2 is 1.89 bits per heavy atom. The molecule has 1 N–H and O–H groups in total. The molecule has 0 amide bonds. The van der Waals surface area contributed by atoms with E-state index in [1.807, 2.05) is 0 Å². The predicted octanol–water partition coefficient (Wildman–Crippen LogP) is 4.83. The van der Waals surface area contributed by atoms with E-state index in [4.69, 9.17) is 0 Å². The monoisotopic (exact) mass is 401 g/mol. The highest BCUT2D eigenvalue weighted by molar-refractivity contribution is 9.11. The molecular weight excluding hydrogens is 399 g/mol. The van der Waals surface area contributed by atoms with Gasteiger partial charge in [-0.1, -0.05) is 27.3 Å². The van der Waals surface area contributed by atoms with Gasteiger partial charge in [-0.3, -0.25) is 0 Å². The molecule has 0 saturated carbocycles. The molecule has 2 rings (SSSR count). The molecule has 0 saturated heterocycles. The Labute approximate surface area is 121 Å². The van der Waals surface area contributed by atoms with Gasteiger partial charge in [-0.15, -0.1) is 10.2 Å². The third-order valence-electron chi connectivity index (χ3n) is 1.92. The highest BCUT2D eigenvalue weighted by atomic mass is 79.9. The molecule has 0 spiro atoms. The first-order chi connectivity index (χ1) is 8.36. The van der Waals surface area contributed by atoms with Crippen molar-refractivity contribution < 1.29 is 13.2 Å². The highest BCUT2D eigenvalue weighted by Crippen LogP contribution is 2.37. The van der Waals surface area contributed by atoms with Crippen LogP contribution in [0.25, 0.3) is 0 Å². The molecule has 0 aliphatic heterocycles. The lowest BCUT2D eigenvalue weighted by Crippen LogP contribution is -2.06. The standard InChI is InChI=1S/C9H4Br2F3N3S/c10-6-2-1-4(3-5(6)9(12,13)14)15-8-17-16-7(11)18-8/h1-3H,(H,15,17). The van der Waals surface area contributed by atoms with Gasteiger partial charge in [-0.05, 0) is 34.1 Å². The third kappa shape index (κ3) is 3.21. The van der Waals surface area contributed by atoms with Crippen LogP contribution >= 0.6 is 43.2 Å². The van der Waals surface area contributed by atoms with Crippen molar-refractivity contribution in [3.05, 3.63) is 32.2 Å². The summed E-state index contributed by atoms with van der Waals surface area (Å²) in [6.07, 6.45) is -4.40. The number of nitrogens with zero attached hydrogens (tertiary/aromatic N) is 2. The average molecular weight is 403 g/mol. The average Bonchev–Trinajstić information content (AvgIpc) is 2.65. The number of benzene rings is 1. The lowest BCUT2D eigenvalue weighted by Gasteiger charge is -2.11. The zero-order valence-electron chi connectivity index (χ0n) is 8.42. The minimum absolute atomic E-state index is 0.000931. The Balaban J connectivity index is 2.30. The van der Waals surface area contributed by atoms with Crippen molar-refractivity contribution in [1.82, 2.24) is 10.2 Å². The van der Waals surface area contributed by atoms with E-state index in [2.05, 4.69) is 47.4 Å². The fourth-order valence-electron chi connectivity index (χ4n) is 1.20. The molecule has 0 aliphatic carbocycles. The van der Waals surface area contributed by atoms with E-state index in [0.29, 0.717) is 14.7 Å². The fraction of sp³-hybridized carbons (Fsp3) is 0.111. The molecule has 1 aromatic heterocycles. The van der Waals surface area contributed by atoms with Gasteiger partial charge in [-0.25, -0.2) is 0 Å². The Morgan fingerprint density at radius 3 is 2.44 bits per heavy atom. The third-order valence-corrected chi connectivity index (χ3v) is 3.89. The Hall–Kier alpha value is -0.670. The van der Waals surface area contributed by atoms with E-state index >= 15 is 0 Å². The van der Waals surface area contributed by atoms with Crippen LogP contribution in [-0.2, 0) is 6.18 Å². The Bertz CT molecular complexity index is 570. The van der Waals surface area contributed by atoms with Crippen LogP contribution in [0.5, 0.6) is 0 Å². The van der Waals surface area contributed by atoms with E-state index in [1.165, 1.54) is 23.5 Å². The number of alkyl halides is 3. The molecule has 9 heteroatoms. The largest absolute Gasteiger partial charge is 0.417 e. The van der Waals surface area contributed by atoms with Gasteiger partial charge in [0.2, 0.25) is 5.13 Å². The summed E-state index contributed by atoms with van der Waals surface area (Å²) in [5.41, 5.74) is -0.440. The molecule has 96 valence electrons. The first-order valence-corrected chi connectivity index (χ1v) is 6.89. The van der Waals surface area contributed by atoms with Crippen LogP contribution < -0.4 is 5.32 Å². The summed E-state index contributed by atoms with van der Waals surface area (Å²) in [6, 6.07) is 3.87. The second kappa shape index (κ2) is 5.14. The van der Waals surface area contributed by atoms with Crippen molar-refractivity contribution in [2.45, 2.75) is 6.18 Å². The van der Waals surface area contributed by atoms with Crippen molar-refractivity contribution in [2.24, 2.45) is 0 Å². The minimum Gasteiger partial charge on any atom is -0.330 e. The molecule has 0 fully saturated rings. The van der Waals surface area contributed by atoms with Gasteiger partial charge in [0.1, 0.15) is 0 Å². The van der Waals surface area contributed by atoms with E-state index in [9.17, 15) is 13.2 Å². The summed E-state index contributed by atoms with van der Waals surface area (Å²) in [6.45, 7) is 0. The van der Waals surface area contributed by atoms with E-state index in [-0.39, 0.29) is 4.47 Å². The molecule has 2 aromatic rings. The van der Waals surface area contributed by atoms with Gasteiger partial charge in [0.05, 0.1) is 5.56 Å². The van der Waals surface area contributed by atoms with Crippen LogP contribution in [-0.4, -0.2) is 10.2 Å². The first kappa shape index (κ1) is 13.8. The summed E-state index contributed by atoms with van der Waals surface area (Å²) in [5.74, 6) is 0. The molecule has 3 nitrogen and oxygen atoms in total. The minimum atomic E-state index is -4.40. The summed E-state index contributed by atoms with van der Waals surface area (Å²) in [5, 5.41) is 10.6. The van der Waals surface area contributed by atoms with Crippen LogP contribution in [0.2, 0.25) is 0 Å². The fourth-order valence-corrected chi connectivity index (χ4v) is 2.70. The van der Waals surface area contributed by atoms with Crippen molar-refractivity contribution in [3.63, 3.8) is 0 Å². The molecule has 1 heterocycles. The number of anilines is 2. The molecule has 0 atom stereocenters. The quantitative estimate of drug-likeness (QED) is 0.782. The molecule has 0 aliphatic rings. The van der Waals surface area contributed by atoms with Crippen LogP contribution in [0.1, 0.15) is 5.56 Å². The molecule has 0 radical (unpaired) electrons. The van der Waals surface area contributed by atoms with Crippen molar-refractivity contribution in [3.8, 4) is 0 Å². The number of nitrogens with one attached hydrogen (secondary N) is 1.